The smallest absolute Gasteiger partial charge is 0.325 e. The van der Waals surface area contributed by atoms with E-state index < -0.39 is 76.2 Å². The van der Waals surface area contributed by atoms with Crippen LogP contribution in [-0.4, -0.2) is 110 Å². The lowest BCUT2D eigenvalue weighted by atomic mass is 10.1. The summed E-state index contributed by atoms with van der Waals surface area (Å²) in [6.07, 6.45) is -3.19. The molecule has 0 aromatic heterocycles. The molecule has 38 heavy (non-hydrogen) atoms. The molecule has 0 aromatic carbocycles. The van der Waals surface area contributed by atoms with Crippen molar-refractivity contribution in [3.05, 3.63) is 23.5 Å². The van der Waals surface area contributed by atoms with Crippen LogP contribution in [0.4, 0.5) is 9.59 Å². The second-order valence-corrected chi connectivity index (χ2v) is 10.1. The molecular weight excluding hydrogens is 531 g/mol. The van der Waals surface area contributed by atoms with Gasteiger partial charge in [-0.25, -0.2) is 9.59 Å². The van der Waals surface area contributed by atoms with Crippen LogP contribution in [0.15, 0.2) is 23.5 Å². The topological polar surface area (TPSA) is 255 Å². The lowest BCUT2D eigenvalue weighted by molar-refractivity contribution is -0.318. The standard InChI is InChI=1S/C10H18N3O7P.C10H17N3O4/c1-5-3-13(10(16)12-8(5)11)9-6(15)2-7(18-9)19-20-21(17)4-14;1-5-3-13(10(16)12-8(5)11)9-7(15)2-6(4-14)17-9/h3,6-9,14-15,17H,2,4,11H2,1H3,(H,12,16);3,6-9,14-15H,2,4,11H2,1H3,(H,12,16)/t6?,7-,8?,9-,21?;6-,7?,8?,9+/m10/s1. The zero-order valence-electron chi connectivity index (χ0n) is 20.8. The second-order valence-electron chi connectivity index (χ2n) is 8.97. The van der Waals surface area contributed by atoms with E-state index in [2.05, 4.69) is 15.3 Å². The number of nitrogens with two attached hydrogens (primary N) is 2. The third-order valence-corrected chi connectivity index (χ3v) is 6.52. The van der Waals surface area contributed by atoms with Gasteiger partial charge in [0.1, 0.15) is 30.9 Å². The molecule has 0 aromatic rings. The van der Waals surface area contributed by atoms with Crippen molar-refractivity contribution in [2.24, 2.45) is 11.5 Å². The van der Waals surface area contributed by atoms with E-state index in [-0.39, 0.29) is 13.0 Å². The highest BCUT2D eigenvalue weighted by Gasteiger charge is 2.43. The van der Waals surface area contributed by atoms with Crippen LogP contribution in [0.1, 0.15) is 26.7 Å². The van der Waals surface area contributed by atoms with E-state index in [1.54, 1.807) is 20.0 Å². The second kappa shape index (κ2) is 13.4. The molecule has 4 amide bonds. The molecule has 4 aliphatic rings. The normalized spacial score (nSPS) is 36.1. The van der Waals surface area contributed by atoms with Gasteiger partial charge in [0.2, 0.25) is 8.38 Å². The Hall–Kier alpha value is -1.99. The molecule has 0 radical (unpaired) electrons. The van der Waals surface area contributed by atoms with Crippen LogP contribution in [0.2, 0.25) is 0 Å². The van der Waals surface area contributed by atoms with Crippen molar-refractivity contribution in [2.45, 2.75) is 76.1 Å². The van der Waals surface area contributed by atoms with Crippen molar-refractivity contribution in [1.82, 2.24) is 20.4 Å². The quantitative estimate of drug-likeness (QED) is 0.0879. The predicted octanol–water partition coefficient (Wildman–Crippen LogP) is -2.50. The predicted molar refractivity (Wildman–Crippen MR) is 128 cm³/mol. The van der Waals surface area contributed by atoms with Gasteiger partial charge in [-0.2, -0.15) is 9.56 Å². The fourth-order valence-corrected chi connectivity index (χ4v) is 4.13. The van der Waals surface area contributed by atoms with Gasteiger partial charge in [-0.1, -0.05) is 0 Å². The van der Waals surface area contributed by atoms with Crippen LogP contribution in [0.25, 0.3) is 0 Å². The van der Waals surface area contributed by atoms with Crippen molar-refractivity contribution < 1.29 is 53.9 Å². The minimum atomic E-state index is -2.11. The number of aliphatic hydroxyl groups is 4. The fourth-order valence-electron chi connectivity index (χ4n) is 3.88. The third-order valence-electron chi connectivity index (χ3n) is 6.02. The number of amides is 4. The maximum atomic E-state index is 11.9. The number of ether oxygens (including phenoxy) is 2. The van der Waals surface area contributed by atoms with Crippen molar-refractivity contribution in [3.63, 3.8) is 0 Å². The van der Waals surface area contributed by atoms with E-state index in [4.69, 9.17) is 40.9 Å². The van der Waals surface area contributed by atoms with E-state index in [1.807, 2.05) is 0 Å². The number of carbonyl (C=O) groups excluding carboxylic acids is 2. The van der Waals surface area contributed by atoms with Crippen LogP contribution in [0.5, 0.6) is 0 Å². The van der Waals surface area contributed by atoms with Crippen LogP contribution < -0.4 is 22.1 Å². The molecule has 2 saturated heterocycles. The average molecular weight is 567 g/mol. The molecule has 5 unspecified atom stereocenters. The van der Waals surface area contributed by atoms with Crippen molar-refractivity contribution >= 4 is 20.4 Å². The van der Waals surface area contributed by atoms with Crippen LogP contribution in [0, 0.1) is 0 Å². The Balaban J connectivity index is 0.000000215. The first-order valence-electron chi connectivity index (χ1n) is 11.7. The molecule has 0 saturated carbocycles. The minimum Gasteiger partial charge on any atom is -0.394 e. The molecule has 4 aliphatic heterocycles. The van der Waals surface area contributed by atoms with Crippen molar-refractivity contribution in [2.75, 3.05) is 13.0 Å². The highest BCUT2D eigenvalue weighted by atomic mass is 31.2. The van der Waals surface area contributed by atoms with E-state index in [9.17, 15) is 19.8 Å². The molecule has 9 atom stereocenters. The Labute approximate surface area is 219 Å². The SMILES string of the molecule is CC1=CN([C@@H]2O[C@H](CO)CC2O)C(=O)NC1N.CC1=CN([C@@H]2O[C@H](OOP(O)CO)CC2O)C(=O)NC1N. The molecule has 216 valence electrons. The summed E-state index contributed by atoms with van der Waals surface area (Å²) in [6, 6.07) is -0.913. The maximum Gasteiger partial charge on any atom is 0.325 e. The fraction of sp³-hybridized carbons (Fsp3) is 0.700. The van der Waals surface area contributed by atoms with Gasteiger partial charge in [0, 0.05) is 25.2 Å². The zero-order valence-corrected chi connectivity index (χ0v) is 21.7. The maximum absolute atomic E-state index is 11.9. The number of nitrogens with zero attached hydrogens (tertiary/aromatic N) is 2. The molecule has 11 N–H and O–H groups in total. The Morgan fingerprint density at radius 2 is 1.47 bits per heavy atom. The summed E-state index contributed by atoms with van der Waals surface area (Å²) in [5.41, 5.74) is 12.8. The van der Waals surface area contributed by atoms with Gasteiger partial charge in [-0.05, 0) is 25.0 Å². The van der Waals surface area contributed by atoms with E-state index in [0.29, 0.717) is 12.0 Å². The van der Waals surface area contributed by atoms with Gasteiger partial charge in [0.15, 0.2) is 18.7 Å². The number of urea groups is 2. The molecule has 0 aliphatic carbocycles. The summed E-state index contributed by atoms with van der Waals surface area (Å²) in [5.74, 6) is 0. The summed E-state index contributed by atoms with van der Waals surface area (Å²) in [7, 11) is -2.11. The number of nitrogens with one attached hydrogen (secondary N) is 2. The summed E-state index contributed by atoms with van der Waals surface area (Å²) < 4.78 is 15.3. The van der Waals surface area contributed by atoms with Crippen LogP contribution in [-0.2, 0) is 19.0 Å². The van der Waals surface area contributed by atoms with Gasteiger partial charge in [0.05, 0.1) is 12.7 Å². The minimum absolute atomic E-state index is 0.0436. The molecule has 2 fully saturated rings. The highest BCUT2D eigenvalue weighted by molar-refractivity contribution is 7.45. The van der Waals surface area contributed by atoms with E-state index >= 15 is 0 Å². The largest absolute Gasteiger partial charge is 0.394 e. The molecule has 18 heteroatoms. The highest BCUT2D eigenvalue weighted by Crippen LogP contribution is 2.33. The number of hydrogen-bond donors (Lipinski definition) is 9. The number of aliphatic hydroxyl groups excluding tert-OH is 4. The first kappa shape index (κ1) is 30.6. The molecule has 4 rings (SSSR count). The Bertz CT molecular complexity index is 913. The van der Waals surface area contributed by atoms with Gasteiger partial charge >= 0.3 is 12.1 Å². The Kier molecular flexibility index (Phi) is 10.8. The van der Waals surface area contributed by atoms with Crippen molar-refractivity contribution in [3.8, 4) is 0 Å². The molecular formula is C20H35N6O11P. The molecule has 4 heterocycles. The third kappa shape index (κ3) is 7.35. The Morgan fingerprint density at radius 1 is 0.974 bits per heavy atom. The lowest BCUT2D eigenvalue weighted by Gasteiger charge is -2.33. The monoisotopic (exact) mass is 566 g/mol. The van der Waals surface area contributed by atoms with Crippen molar-refractivity contribution in [1.29, 1.82) is 0 Å². The summed E-state index contributed by atoms with van der Waals surface area (Å²) >= 11 is 0. The van der Waals surface area contributed by atoms with E-state index in [0.717, 1.165) is 5.57 Å². The number of hydrogen-bond acceptors (Lipinski definition) is 13. The average Bonchev–Trinajstić information content (AvgIpc) is 3.44. The summed E-state index contributed by atoms with van der Waals surface area (Å²) in [5, 5.41) is 42.4. The Morgan fingerprint density at radius 3 is 1.95 bits per heavy atom. The number of rotatable bonds is 7. The molecule has 0 spiro atoms. The molecule has 17 nitrogen and oxygen atoms in total. The van der Waals surface area contributed by atoms with Gasteiger partial charge in [0.25, 0.3) is 0 Å². The molecule has 0 bridgehead atoms. The lowest BCUT2D eigenvalue weighted by Crippen LogP contribution is -2.56. The zero-order chi connectivity index (χ0) is 28.1. The number of carbonyl (C=O) groups is 2. The van der Waals surface area contributed by atoms with Gasteiger partial charge < -0.3 is 56.9 Å². The van der Waals surface area contributed by atoms with Gasteiger partial charge in [-0.3, -0.25) is 9.80 Å². The first-order chi connectivity index (χ1) is 17.9. The first-order valence-corrected chi connectivity index (χ1v) is 13.1. The van der Waals surface area contributed by atoms with Gasteiger partial charge in [-0.15, -0.1) is 0 Å². The van der Waals surface area contributed by atoms with Crippen LogP contribution in [0.3, 0.4) is 0 Å². The van der Waals surface area contributed by atoms with Crippen LogP contribution >= 0.6 is 8.38 Å². The summed E-state index contributed by atoms with van der Waals surface area (Å²) in [4.78, 5) is 39.9. The van der Waals surface area contributed by atoms with E-state index in [1.165, 1.54) is 16.0 Å². The summed E-state index contributed by atoms with van der Waals surface area (Å²) in [6.45, 7) is 3.34.